The summed E-state index contributed by atoms with van der Waals surface area (Å²) < 4.78 is 0.979. The van der Waals surface area contributed by atoms with Gasteiger partial charge in [-0.3, -0.25) is 9.97 Å². The highest BCUT2D eigenvalue weighted by molar-refractivity contribution is 9.10. The van der Waals surface area contributed by atoms with Crippen molar-refractivity contribution in [2.45, 2.75) is 19.8 Å². The van der Waals surface area contributed by atoms with Crippen molar-refractivity contribution in [3.05, 3.63) is 29.0 Å². The minimum Gasteiger partial charge on any atom is -0.370 e. The predicted octanol–water partition coefficient (Wildman–Crippen LogP) is 3.63. The highest BCUT2D eigenvalue weighted by Crippen LogP contribution is 2.28. The van der Waals surface area contributed by atoms with E-state index in [2.05, 4.69) is 43.8 Å². The molecule has 1 saturated heterocycles. The van der Waals surface area contributed by atoms with E-state index in [-0.39, 0.29) is 0 Å². The van der Waals surface area contributed by atoms with Crippen molar-refractivity contribution < 1.29 is 0 Å². The molecule has 0 unspecified atom stereocenters. The second-order valence-corrected chi connectivity index (χ2v) is 5.94. The maximum Gasteiger partial charge on any atom is 0.112 e. The smallest absolute Gasteiger partial charge is 0.112 e. The predicted molar refractivity (Wildman–Crippen MR) is 77.8 cm³/mol. The summed E-state index contributed by atoms with van der Waals surface area (Å²) in [4.78, 5) is 11.4. The third-order valence-electron chi connectivity index (χ3n) is 3.65. The number of hydrogen-bond acceptors (Lipinski definition) is 3. The average molecular weight is 306 g/mol. The Labute approximate surface area is 115 Å². The summed E-state index contributed by atoms with van der Waals surface area (Å²) in [6, 6.07) is 4.11. The fourth-order valence-electron chi connectivity index (χ4n) is 2.50. The van der Waals surface area contributed by atoms with Crippen LogP contribution < -0.4 is 4.90 Å². The van der Waals surface area contributed by atoms with Crippen LogP contribution in [0.15, 0.2) is 29.0 Å². The third kappa shape index (κ3) is 2.21. The van der Waals surface area contributed by atoms with Gasteiger partial charge in [-0.2, -0.15) is 0 Å². The number of fused-ring (bicyclic) bond motifs is 1. The number of anilines is 1. The Morgan fingerprint density at radius 2 is 2.06 bits per heavy atom. The van der Waals surface area contributed by atoms with E-state index in [1.165, 1.54) is 18.5 Å². The summed E-state index contributed by atoms with van der Waals surface area (Å²) >= 11 is 3.44. The maximum atomic E-state index is 4.52. The first-order chi connectivity index (χ1) is 8.74. The van der Waals surface area contributed by atoms with Crippen LogP contribution in [0.2, 0.25) is 0 Å². The lowest BCUT2D eigenvalue weighted by atomic mass is 9.99. The zero-order chi connectivity index (χ0) is 12.5. The summed E-state index contributed by atoms with van der Waals surface area (Å²) in [7, 11) is 0. The van der Waals surface area contributed by atoms with Crippen LogP contribution in [0, 0.1) is 5.92 Å². The average Bonchev–Trinajstić information content (AvgIpc) is 2.38. The van der Waals surface area contributed by atoms with E-state index in [1.807, 2.05) is 18.5 Å². The maximum absolute atomic E-state index is 4.52. The zero-order valence-electron chi connectivity index (χ0n) is 10.4. The quantitative estimate of drug-likeness (QED) is 0.805. The minimum atomic E-state index is 0.844. The number of pyridine rings is 2. The van der Waals surface area contributed by atoms with Crippen molar-refractivity contribution in [2.75, 3.05) is 18.0 Å². The van der Waals surface area contributed by atoms with Gasteiger partial charge in [0.2, 0.25) is 0 Å². The fraction of sp³-hybridized carbons (Fsp3) is 0.429. The Bertz CT molecular complexity index is 562. The highest BCUT2D eigenvalue weighted by atomic mass is 79.9. The van der Waals surface area contributed by atoms with Gasteiger partial charge >= 0.3 is 0 Å². The van der Waals surface area contributed by atoms with Crippen LogP contribution in [-0.2, 0) is 0 Å². The molecule has 0 atom stereocenters. The summed E-state index contributed by atoms with van der Waals surface area (Å²) in [5, 5.41) is 0. The van der Waals surface area contributed by atoms with Crippen LogP contribution in [0.25, 0.3) is 11.0 Å². The second-order valence-electron chi connectivity index (χ2n) is 5.02. The van der Waals surface area contributed by atoms with Crippen molar-refractivity contribution in [1.82, 2.24) is 9.97 Å². The topological polar surface area (TPSA) is 29.0 Å². The van der Waals surface area contributed by atoms with Gasteiger partial charge in [0.25, 0.3) is 0 Å². The molecule has 1 fully saturated rings. The van der Waals surface area contributed by atoms with Crippen molar-refractivity contribution in [3.63, 3.8) is 0 Å². The Hall–Kier alpha value is -1.16. The monoisotopic (exact) mass is 305 g/mol. The summed E-state index contributed by atoms with van der Waals surface area (Å²) in [6.07, 6.45) is 6.25. The van der Waals surface area contributed by atoms with Gasteiger partial charge < -0.3 is 4.90 Å². The molecular weight excluding hydrogens is 290 g/mol. The number of aromatic nitrogens is 2. The molecule has 1 aliphatic rings. The van der Waals surface area contributed by atoms with E-state index in [0.29, 0.717) is 0 Å². The van der Waals surface area contributed by atoms with Gasteiger partial charge in [0.05, 0.1) is 11.2 Å². The highest BCUT2D eigenvalue weighted by Gasteiger charge is 2.18. The molecule has 3 heterocycles. The number of halogens is 1. The van der Waals surface area contributed by atoms with Crippen molar-refractivity contribution in [2.24, 2.45) is 5.92 Å². The van der Waals surface area contributed by atoms with E-state index in [1.54, 1.807) is 0 Å². The first kappa shape index (κ1) is 11.9. The lowest BCUT2D eigenvalue weighted by molar-refractivity contribution is 0.439. The van der Waals surface area contributed by atoms with E-state index in [9.17, 15) is 0 Å². The Morgan fingerprint density at radius 1 is 1.28 bits per heavy atom. The van der Waals surface area contributed by atoms with Crippen LogP contribution in [0.3, 0.4) is 0 Å². The molecule has 2 aromatic heterocycles. The van der Waals surface area contributed by atoms with Crippen molar-refractivity contribution in [3.8, 4) is 0 Å². The van der Waals surface area contributed by atoms with Gasteiger partial charge in [-0.15, -0.1) is 0 Å². The number of nitrogens with zero attached hydrogens (tertiary/aromatic N) is 3. The zero-order valence-corrected chi connectivity index (χ0v) is 12.0. The van der Waals surface area contributed by atoms with Crippen LogP contribution in [-0.4, -0.2) is 23.1 Å². The molecule has 3 nitrogen and oxygen atoms in total. The van der Waals surface area contributed by atoms with Crippen molar-refractivity contribution in [1.29, 1.82) is 0 Å². The van der Waals surface area contributed by atoms with Gasteiger partial charge in [-0.1, -0.05) is 6.92 Å². The van der Waals surface area contributed by atoms with Crippen molar-refractivity contribution >= 4 is 32.7 Å². The number of rotatable bonds is 1. The molecule has 0 saturated carbocycles. The molecule has 0 N–H and O–H groups in total. The van der Waals surface area contributed by atoms with E-state index in [4.69, 9.17) is 0 Å². The molecular formula is C14H16BrN3. The van der Waals surface area contributed by atoms with E-state index in [0.717, 1.165) is 34.5 Å². The first-order valence-electron chi connectivity index (χ1n) is 6.39. The van der Waals surface area contributed by atoms with E-state index >= 15 is 0 Å². The SMILES string of the molecule is CC1CCN(c2ccnc3cc(Br)cnc23)CC1. The molecule has 1 aliphatic heterocycles. The van der Waals surface area contributed by atoms with Crippen LogP contribution in [0.1, 0.15) is 19.8 Å². The van der Waals surface area contributed by atoms with Gasteiger partial charge in [0, 0.05) is 30.0 Å². The molecule has 0 spiro atoms. The molecule has 0 aromatic carbocycles. The van der Waals surface area contributed by atoms with E-state index < -0.39 is 0 Å². The lowest BCUT2D eigenvalue weighted by Crippen LogP contribution is -2.33. The molecule has 0 radical (unpaired) electrons. The minimum absolute atomic E-state index is 0.844. The molecule has 2 aromatic rings. The summed E-state index contributed by atoms with van der Waals surface area (Å²) in [6.45, 7) is 4.58. The molecule has 0 aliphatic carbocycles. The molecule has 3 rings (SSSR count). The lowest BCUT2D eigenvalue weighted by Gasteiger charge is -2.32. The van der Waals surface area contributed by atoms with Crippen LogP contribution >= 0.6 is 15.9 Å². The Morgan fingerprint density at radius 3 is 2.83 bits per heavy atom. The Balaban J connectivity index is 2.01. The van der Waals surface area contributed by atoms with Gasteiger partial charge in [0.1, 0.15) is 5.52 Å². The van der Waals surface area contributed by atoms with Crippen LogP contribution in [0.5, 0.6) is 0 Å². The number of hydrogen-bond donors (Lipinski definition) is 0. The first-order valence-corrected chi connectivity index (χ1v) is 7.18. The third-order valence-corrected chi connectivity index (χ3v) is 4.08. The van der Waals surface area contributed by atoms with Crippen LogP contribution in [0.4, 0.5) is 5.69 Å². The molecule has 0 amide bonds. The second kappa shape index (κ2) is 4.84. The fourth-order valence-corrected chi connectivity index (χ4v) is 2.82. The summed E-state index contributed by atoms with van der Waals surface area (Å²) in [5.41, 5.74) is 3.19. The molecule has 4 heteroatoms. The standard InChI is InChI=1S/C14H16BrN3/c1-10-3-6-18(7-4-10)13-2-5-16-12-8-11(15)9-17-14(12)13/h2,5,8-10H,3-4,6-7H2,1H3. The molecule has 94 valence electrons. The largest absolute Gasteiger partial charge is 0.370 e. The summed E-state index contributed by atoms with van der Waals surface area (Å²) in [5.74, 6) is 0.844. The Kier molecular flexibility index (Phi) is 3.20. The number of piperidine rings is 1. The van der Waals surface area contributed by atoms with Gasteiger partial charge in [-0.25, -0.2) is 0 Å². The molecule has 0 bridgehead atoms. The van der Waals surface area contributed by atoms with Gasteiger partial charge in [-0.05, 0) is 46.8 Å². The molecule has 18 heavy (non-hydrogen) atoms. The normalized spacial score (nSPS) is 17.3. The van der Waals surface area contributed by atoms with Gasteiger partial charge in [0.15, 0.2) is 0 Å².